The molecule has 3 rings (SSSR count). The number of hydrogen-bond acceptors (Lipinski definition) is 3. The summed E-state index contributed by atoms with van der Waals surface area (Å²) >= 11 is 0. The maximum atomic E-state index is 11.3. The first-order valence-corrected chi connectivity index (χ1v) is 5.10. The highest BCUT2D eigenvalue weighted by molar-refractivity contribution is 6.04. The fourth-order valence-electron chi connectivity index (χ4n) is 1.93. The standard InChI is InChI=1S/C12H9N3O2/c13-7-3-1-6-2-4-9-10(8(6)5-7)15-12(17)11(16)14-9/h1-5H,13H2,(H,14,16)(H,15,17). The van der Waals surface area contributed by atoms with E-state index >= 15 is 0 Å². The summed E-state index contributed by atoms with van der Waals surface area (Å²) in [5.74, 6) is 0. The van der Waals surface area contributed by atoms with E-state index in [2.05, 4.69) is 9.97 Å². The number of aromatic amines is 2. The third-order valence-corrected chi connectivity index (χ3v) is 2.74. The molecule has 3 aromatic rings. The van der Waals surface area contributed by atoms with Crippen LogP contribution in [-0.4, -0.2) is 9.97 Å². The maximum absolute atomic E-state index is 11.3. The average Bonchev–Trinajstić information content (AvgIpc) is 2.31. The van der Waals surface area contributed by atoms with Crippen LogP contribution in [0.4, 0.5) is 5.69 Å². The predicted octanol–water partition coefficient (Wildman–Crippen LogP) is 0.952. The number of rotatable bonds is 0. The van der Waals surface area contributed by atoms with E-state index < -0.39 is 11.1 Å². The number of nitrogens with one attached hydrogen (secondary N) is 2. The molecule has 0 amide bonds. The number of fused-ring (bicyclic) bond motifs is 3. The van der Waals surface area contributed by atoms with Gasteiger partial charge in [0.25, 0.3) is 0 Å². The Morgan fingerprint density at radius 3 is 2.47 bits per heavy atom. The summed E-state index contributed by atoms with van der Waals surface area (Å²) in [6.45, 7) is 0. The quantitative estimate of drug-likeness (QED) is 0.303. The minimum Gasteiger partial charge on any atom is -0.399 e. The Bertz CT molecular complexity index is 846. The van der Waals surface area contributed by atoms with Crippen LogP contribution in [0.25, 0.3) is 21.8 Å². The Balaban J connectivity index is 2.63. The fraction of sp³-hybridized carbons (Fsp3) is 0. The van der Waals surface area contributed by atoms with Crippen molar-refractivity contribution < 1.29 is 0 Å². The van der Waals surface area contributed by atoms with Gasteiger partial charge in [-0.25, -0.2) is 0 Å². The summed E-state index contributed by atoms with van der Waals surface area (Å²) in [4.78, 5) is 27.6. The summed E-state index contributed by atoms with van der Waals surface area (Å²) in [7, 11) is 0. The Kier molecular flexibility index (Phi) is 1.82. The van der Waals surface area contributed by atoms with Gasteiger partial charge in [0.15, 0.2) is 0 Å². The average molecular weight is 227 g/mol. The highest BCUT2D eigenvalue weighted by Crippen LogP contribution is 2.23. The molecule has 4 N–H and O–H groups in total. The largest absolute Gasteiger partial charge is 0.399 e. The van der Waals surface area contributed by atoms with Crippen molar-refractivity contribution in [2.75, 3.05) is 5.73 Å². The smallest absolute Gasteiger partial charge is 0.314 e. The molecule has 0 spiro atoms. The highest BCUT2D eigenvalue weighted by Gasteiger charge is 2.04. The van der Waals surface area contributed by atoms with Gasteiger partial charge in [-0.05, 0) is 23.6 Å². The van der Waals surface area contributed by atoms with Gasteiger partial charge in [-0.3, -0.25) is 9.59 Å². The summed E-state index contributed by atoms with van der Waals surface area (Å²) in [5.41, 5.74) is 6.20. The van der Waals surface area contributed by atoms with Crippen LogP contribution in [0.3, 0.4) is 0 Å². The van der Waals surface area contributed by atoms with Gasteiger partial charge in [-0.15, -0.1) is 0 Å². The number of aromatic nitrogens is 2. The lowest BCUT2D eigenvalue weighted by atomic mass is 10.1. The number of anilines is 1. The first-order chi connectivity index (χ1) is 8.15. The van der Waals surface area contributed by atoms with Crippen molar-refractivity contribution in [2.45, 2.75) is 0 Å². The van der Waals surface area contributed by atoms with Gasteiger partial charge < -0.3 is 15.7 Å². The van der Waals surface area contributed by atoms with E-state index in [0.29, 0.717) is 16.7 Å². The number of nitrogens with two attached hydrogens (primary N) is 1. The van der Waals surface area contributed by atoms with Crippen molar-refractivity contribution in [3.63, 3.8) is 0 Å². The summed E-state index contributed by atoms with van der Waals surface area (Å²) in [6, 6.07) is 9.05. The Morgan fingerprint density at radius 2 is 1.65 bits per heavy atom. The molecule has 2 aromatic carbocycles. The van der Waals surface area contributed by atoms with Crippen LogP contribution in [-0.2, 0) is 0 Å². The summed E-state index contributed by atoms with van der Waals surface area (Å²) < 4.78 is 0. The molecule has 1 heterocycles. The molecular weight excluding hydrogens is 218 g/mol. The van der Waals surface area contributed by atoms with Gasteiger partial charge in [-0.2, -0.15) is 0 Å². The Hall–Kier alpha value is -2.56. The lowest BCUT2D eigenvalue weighted by Gasteiger charge is -2.03. The Labute approximate surface area is 94.9 Å². The number of nitrogen functional groups attached to an aromatic ring is 1. The fourth-order valence-corrected chi connectivity index (χ4v) is 1.93. The molecule has 0 aliphatic heterocycles. The molecule has 0 saturated carbocycles. The summed E-state index contributed by atoms with van der Waals surface area (Å²) in [6.07, 6.45) is 0. The number of hydrogen-bond donors (Lipinski definition) is 3. The molecular formula is C12H9N3O2. The van der Waals surface area contributed by atoms with Crippen molar-refractivity contribution in [3.8, 4) is 0 Å². The molecule has 84 valence electrons. The summed E-state index contributed by atoms with van der Waals surface area (Å²) in [5, 5.41) is 1.77. The van der Waals surface area contributed by atoms with E-state index in [1.54, 1.807) is 18.2 Å². The molecule has 1 aromatic heterocycles. The normalized spacial score (nSPS) is 11.1. The van der Waals surface area contributed by atoms with Gasteiger partial charge in [-0.1, -0.05) is 12.1 Å². The van der Waals surface area contributed by atoms with E-state index in [1.807, 2.05) is 12.1 Å². The zero-order chi connectivity index (χ0) is 12.0. The molecule has 5 heteroatoms. The van der Waals surface area contributed by atoms with E-state index in [0.717, 1.165) is 10.8 Å². The van der Waals surface area contributed by atoms with Gasteiger partial charge >= 0.3 is 11.1 Å². The Morgan fingerprint density at radius 1 is 0.941 bits per heavy atom. The van der Waals surface area contributed by atoms with Crippen LogP contribution >= 0.6 is 0 Å². The van der Waals surface area contributed by atoms with Crippen LogP contribution in [0, 0.1) is 0 Å². The zero-order valence-corrected chi connectivity index (χ0v) is 8.78. The molecule has 0 saturated heterocycles. The minimum absolute atomic E-state index is 0.590. The van der Waals surface area contributed by atoms with E-state index in [-0.39, 0.29) is 0 Å². The van der Waals surface area contributed by atoms with Crippen LogP contribution in [0.5, 0.6) is 0 Å². The molecule has 0 unspecified atom stereocenters. The lowest BCUT2D eigenvalue weighted by Crippen LogP contribution is -2.28. The molecule has 0 aliphatic carbocycles. The molecule has 0 atom stereocenters. The van der Waals surface area contributed by atoms with Gasteiger partial charge in [0.1, 0.15) is 0 Å². The van der Waals surface area contributed by atoms with Crippen molar-refractivity contribution in [2.24, 2.45) is 0 Å². The third kappa shape index (κ3) is 1.40. The third-order valence-electron chi connectivity index (χ3n) is 2.74. The number of benzene rings is 2. The number of H-pyrrole nitrogens is 2. The lowest BCUT2D eigenvalue weighted by molar-refractivity contribution is 1.15. The molecule has 17 heavy (non-hydrogen) atoms. The van der Waals surface area contributed by atoms with Crippen LogP contribution < -0.4 is 16.9 Å². The topological polar surface area (TPSA) is 91.7 Å². The van der Waals surface area contributed by atoms with Gasteiger partial charge in [0.2, 0.25) is 0 Å². The van der Waals surface area contributed by atoms with E-state index in [1.165, 1.54) is 0 Å². The second-order valence-electron chi connectivity index (χ2n) is 3.88. The van der Waals surface area contributed by atoms with Crippen molar-refractivity contribution in [3.05, 3.63) is 51.0 Å². The zero-order valence-electron chi connectivity index (χ0n) is 8.78. The van der Waals surface area contributed by atoms with Crippen LogP contribution in [0.15, 0.2) is 39.9 Å². The van der Waals surface area contributed by atoms with E-state index in [4.69, 9.17) is 5.73 Å². The minimum atomic E-state index is -0.660. The monoisotopic (exact) mass is 227 g/mol. The van der Waals surface area contributed by atoms with Gasteiger partial charge in [0, 0.05) is 11.1 Å². The van der Waals surface area contributed by atoms with E-state index in [9.17, 15) is 9.59 Å². The molecule has 5 nitrogen and oxygen atoms in total. The molecule has 0 bridgehead atoms. The second-order valence-corrected chi connectivity index (χ2v) is 3.88. The SMILES string of the molecule is Nc1ccc2ccc3[nH]c(=O)c(=O)[nH]c3c2c1. The first-order valence-electron chi connectivity index (χ1n) is 5.10. The maximum Gasteiger partial charge on any atom is 0.314 e. The molecule has 0 radical (unpaired) electrons. The highest BCUT2D eigenvalue weighted by atomic mass is 16.2. The van der Waals surface area contributed by atoms with Crippen molar-refractivity contribution in [1.82, 2.24) is 9.97 Å². The second kappa shape index (κ2) is 3.21. The molecule has 0 aliphatic rings. The van der Waals surface area contributed by atoms with Crippen LogP contribution in [0.1, 0.15) is 0 Å². The van der Waals surface area contributed by atoms with Crippen molar-refractivity contribution in [1.29, 1.82) is 0 Å². The van der Waals surface area contributed by atoms with Gasteiger partial charge in [0.05, 0.1) is 11.0 Å². The first kappa shape index (κ1) is 9.65. The van der Waals surface area contributed by atoms with Crippen molar-refractivity contribution >= 4 is 27.5 Å². The predicted molar refractivity (Wildman–Crippen MR) is 67.1 cm³/mol. The molecule has 0 fully saturated rings. The van der Waals surface area contributed by atoms with Crippen LogP contribution in [0.2, 0.25) is 0 Å².